The smallest absolute Gasteiger partial charge is 0.306 e. The van der Waals surface area contributed by atoms with Crippen LogP contribution in [0, 0.1) is 17.8 Å². The summed E-state index contributed by atoms with van der Waals surface area (Å²) in [6, 6.07) is 0. The molecule has 2 saturated heterocycles. The van der Waals surface area contributed by atoms with Gasteiger partial charge in [-0.3, -0.25) is 4.79 Å². The zero-order chi connectivity index (χ0) is 21.2. The van der Waals surface area contributed by atoms with Gasteiger partial charge in [-0.05, 0) is 58.2 Å². The van der Waals surface area contributed by atoms with Crippen LogP contribution in [0.25, 0.3) is 0 Å². The molecule has 3 aliphatic rings. The number of rotatable bonds is 5. The molecule has 28 heavy (non-hydrogen) atoms. The number of hydrogen-bond acceptors (Lipinski definition) is 5. The lowest BCUT2D eigenvalue weighted by molar-refractivity contribution is -0.231. The number of ether oxygens (including phenoxy) is 2. The molecule has 0 aromatic heterocycles. The zero-order valence-electron chi connectivity index (χ0n) is 19.1. The second kappa shape index (κ2) is 6.79. The van der Waals surface area contributed by atoms with Gasteiger partial charge in [-0.2, -0.15) is 0 Å². The quantitative estimate of drug-likeness (QED) is 0.527. The van der Waals surface area contributed by atoms with Crippen molar-refractivity contribution in [2.75, 3.05) is 6.61 Å². The summed E-state index contributed by atoms with van der Waals surface area (Å²) in [5.74, 6) is -1.19. The largest absolute Gasteiger partial charge is 0.460 e. The highest BCUT2D eigenvalue weighted by Crippen LogP contribution is 2.65. The first kappa shape index (κ1) is 22.3. The summed E-state index contributed by atoms with van der Waals surface area (Å²) in [5, 5.41) is 11.5. The van der Waals surface area contributed by atoms with Crippen LogP contribution in [-0.2, 0) is 18.7 Å². The van der Waals surface area contributed by atoms with Crippen LogP contribution in [0.1, 0.15) is 73.6 Å². The molecule has 1 N–H and O–H groups in total. The maximum atomic E-state index is 12.7. The maximum Gasteiger partial charge on any atom is 0.306 e. The number of esters is 1. The van der Waals surface area contributed by atoms with Crippen LogP contribution < -0.4 is 0 Å². The van der Waals surface area contributed by atoms with Gasteiger partial charge in [0, 0.05) is 17.8 Å². The van der Waals surface area contributed by atoms with Crippen molar-refractivity contribution in [1.82, 2.24) is 0 Å². The second-order valence-corrected chi connectivity index (χ2v) is 16.6. The molecule has 2 aliphatic heterocycles. The molecule has 3 rings (SSSR count). The summed E-state index contributed by atoms with van der Waals surface area (Å²) in [7, 11) is -1.96. The van der Waals surface area contributed by atoms with E-state index in [9.17, 15) is 9.90 Å². The Labute approximate surface area is 171 Å². The number of carbonyl (C=O) groups is 1. The predicted molar refractivity (Wildman–Crippen MR) is 111 cm³/mol. The first-order chi connectivity index (χ1) is 12.6. The molecule has 6 heteroatoms. The molecular formula is C22H40O5Si. The van der Waals surface area contributed by atoms with Crippen LogP contribution in [0.5, 0.6) is 0 Å². The number of fused-ring (bicyclic) bond motifs is 1. The fourth-order valence-corrected chi connectivity index (χ4v) is 6.22. The Morgan fingerprint density at radius 2 is 1.82 bits per heavy atom. The van der Waals surface area contributed by atoms with Crippen molar-refractivity contribution in [2.45, 2.75) is 109 Å². The predicted octanol–water partition coefficient (Wildman–Crippen LogP) is 4.63. The van der Waals surface area contributed by atoms with E-state index in [2.05, 4.69) is 33.9 Å². The van der Waals surface area contributed by atoms with Crippen molar-refractivity contribution in [2.24, 2.45) is 17.8 Å². The molecule has 2 heterocycles. The lowest BCUT2D eigenvalue weighted by Crippen LogP contribution is -2.52. The molecule has 1 aliphatic carbocycles. The molecule has 5 nitrogen and oxygen atoms in total. The first-order valence-corrected chi connectivity index (χ1v) is 13.8. The van der Waals surface area contributed by atoms with Gasteiger partial charge >= 0.3 is 5.97 Å². The third-order valence-electron chi connectivity index (χ3n) is 7.59. The van der Waals surface area contributed by atoms with Gasteiger partial charge in [0.25, 0.3) is 0 Å². The van der Waals surface area contributed by atoms with Crippen molar-refractivity contribution < 1.29 is 23.8 Å². The van der Waals surface area contributed by atoms with E-state index >= 15 is 0 Å². The Morgan fingerprint density at radius 3 is 2.39 bits per heavy atom. The van der Waals surface area contributed by atoms with Crippen LogP contribution in [-0.4, -0.2) is 43.0 Å². The van der Waals surface area contributed by atoms with Gasteiger partial charge in [0.2, 0.25) is 0 Å². The van der Waals surface area contributed by atoms with Gasteiger partial charge in [-0.25, -0.2) is 0 Å². The molecule has 0 amide bonds. The molecule has 0 radical (unpaired) electrons. The lowest BCUT2D eigenvalue weighted by atomic mass is 9.60. The summed E-state index contributed by atoms with van der Waals surface area (Å²) in [4.78, 5) is 12.7. The average Bonchev–Trinajstić information content (AvgIpc) is 2.92. The Bertz CT molecular complexity index is 619. The third kappa shape index (κ3) is 3.82. The Balaban J connectivity index is 1.83. The highest BCUT2D eigenvalue weighted by molar-refractivity contribution is 6.74. The molecule has 0 spiro atoms. The second-order valence-electron chi connectivity index (χ2n) is 11.8. The van der Waals surface area contributed by atoms with E-state index in [-0.39, 0.29) is 35.2 Å². The van der Waals surface area contributed by atoms with Crippen molar-refractivity contribution in [1.29, 1.82) is 0 Å². The van der Waals surface area contributed by atoms with E-state index in [1.54, 1.807) is 0 Å². The highest BCUT2D eigenvalue weighted by atomic mass is 28.4. The number of aliphatic hydroxyl groups is 1. The van der Waals surface area contributed by atoms with Gasteiger partial charge in [-0.15, -0.1) is 0 Å². The minimum absolute atomic E-state index is 0.00414. The SMILES string of the molecule is CC(C)(C)OC(=O)C[C@@H]1[C@@H]2CCC[C@@H]3C[C@@]1(CO[Si](C)(C)C(C)(C)C)O[C@@]32O. The molecule has 0 aromatic rings. The summed E-state index contributed by atoms with van der Waals surface area (Å²) in [6.45, 7) is 17.3. The fourth-order valence-electron chi connectivity index (χ4n) is 5.18. The molecule has 0 aromatic carbocycles. The molecule has 1 saturated carbocycles. The molecule has 0 unspecified atom stereocenters. The Hall–Kier alpha value is -0.433. The standard InChI is InChI=1S/C22H40O5Si/c1-19(2,3)26-18(23)12-17-16-11-9-10-15-13-21(17,27-22(15,16)24)14-25-28(7,8)20(4,5)6/h15-17,24H,9-14H2,1-8H3/t15-,16+,17-,21+,22+/m1/s1. The van der Waals surface area contributed by atoms with E-state index in [0.29, 0.717) is 6.61 Å². The van der Waals surface area contributed by atoms with Crippen molar-refractivity contribution in [3.05, 3.63) is 0 Å². The van der Waals surface area contributed by atoms with E-state index in [4.69, 9.17) is 13.9 Å². The van der Waals surface area contributed by atoms with Crippen LogP contribution in [0.2, 0.25) is 18.1 Å². The lowest BCUT2D eigenvalue weighted by Gasteiger charge is -2.45. The van der Waals surface area contributed by atoms with Crippen molar-refractivity contribution in [3.63, 3.8) is 0 Å². The molecule has 5 atom stereocenters. The highest BCUT2D eigenvalue weighted by Gasteiger charge is 2.72. The monoisotopic (exact) mass is 412 g/mol. The van der Waals surface area contributed by atoms with E-state index < -0.39 is 25.3 Å². The van der Waals surface area contributed by atoms with Crippen LogP contribution in [0.4, 0.5) is 0 Å². The summed E-state index contributed by atoms with van der Waals surface area (Å²) >= 11 is 0. The van der Waals surface area contributed by atoms with Crippen LogP contribution in [0.15, 0.2) is 0 Å². The van der Waals surface area contributed by atoms with E-state index in [1.807, 2.05) is 20.8 Å². The summed E-state index contributed by atoms with van der Waals surface area (Å²) < 4.78 is 18.6. The van der Waals surface area contributed by atoms with Gasteiger partial charge in [-0.1, -0.05) is 27.2 Å². The van der Waals surface area contributed by atoms with Crippen LogP contribution >= 0.6 is 0 Å². The number of hydrogen-bond donors (Lipinski definition) is 1. The zero-order valence-corrected chi connectivity index (χ0v) is 20.1. The van der Waals surface area contributed by atoms with Crippen molar-refractivity contribution >= 4 is 14.3 Å². The minimum Gasteiger partial charge on any atom is -0.460 e. The van der Waals surface area contributed by atoms with Gasteiger partial charge in [0.1, 0.15) is 5.60 Å². The van der Waals surface area contributed by atoms with Gasteiger partial charge in [0.15, 0.2) is 14.1 Å². The molecule has 162 valence electrons. The topological polar surface area (TPSA) is 65.0 Å². The summed E-state index contributed by atoms with van der Waals surface area (Å²) in [6.07, 6.45) is 4.06. The first-order valence-electron chi connectivity index (χ1n) is 10.9. The molecule has 2 bridgehead atoms. The van der Waals surface area contributed by atoms with Crippen molar-refractivity contribution in [3.8, 4) is 0 Å². The van der Waals surface area contributed by atoms with Gasteiger partial charge in [0.05, 0.1) is 18.6 Å². The summed E-state index contributed by atoms with van der Waals surface area (Å²) in [5.41, 5.74) is -1.08. The third-order valence-corrected chi connectivity index (χ3v) is 12.1. The average molecular weight is 413 g/mol. The van der Waals surface area contributed by atoms with Gasteiger partial charge < -0.3 is 19.0 Å². The Morgan fingerprint density at radius 1 is 1.18 bits per heavy atom. The molecule has 3 fully saturated rings. The maximum absolute atomic E-state index is 12.7. The normalized spacial score (nSPS) is 38.0. The van der Waals surface area contributed by atoms with E-state index in [1.165, 1.54) is 0 Å². The number of carbonyl (C=O) groups excluding carboxylic acids is 1. The molecular weight excluding hydrogens is 372 g/mol. The Kier molecular flexibility index (Phi) is 5.40. The minimum atomic E-state index is -1.96. The van der Waals surface area contributed by atoms with Crippen LogP contribution in [0.3, 0.4) is 0 Å². The van der Waals surface area contributed by atoms with E-state index in [0.717, 1.165) is 25.7 Å². The fraction of sp³-hybridized carbons (Fsp3) is 0.955.